The molecule has 0 aliphatic heterocycles. The van der Waals surface area contributed by atoms with Crippen LogP contribution in [0.5, 0.6) is 0 Å². The Balaban J connectivity index is 2.42. The Morgan fingerprint density at radius 3 is 2.94 bits per heavy atom. The number of pyridine rings is 1. The fourth-order valence-electron chi connectivity index (χ4n) is 1.66. The molecule has 3 heteroatoms. The predicted molar refractivity (Wildman–Crippen MR) is 66.5 cm³/mol. The molecular formula is C13H22N2O. The fourth-order valence-corrected chi connectivity index (χ4v) is 1.66. The maximum absolute atomic E-state index is 5.13. The lowest BCUT2D eigenvalue weighted by molar-refractivity contribution is 0.182. The zero-order chi connectivity index (χ0) is 11.6. The smallest absolute Gasteiger partial charge is 0.0477 e. The third kappa shape index (κ3) is 5.24. The van der Waals surface area contributed by atoms with Gasteiger partial charge in [0.05, 0.1) is 0 Å². The van der Waals surface area contributed by atoms with E-state index >= 15 is 0 Å². The van der Waals surface area contributed by atoms with Crippen molar-refractivity contribution in [3.63, 3.8) is 0 Å². The number of nitrogens with one attached hydrogen (secondary N) is 1. The van der Waals surface area contributed by atoms with Crippen molar-refractivity contribution in [2.45, 2.75) is 32.2 Å². The van der Waals surface area contributed by atoms with Crippen molar-refractivity contribution in [2.75, 3.05) is 20.3 Å². The molecule has 0 aliphatic rings. The highest BCUT2D eigenvalue weighted by atomic mass is 16.5. The Labute approximate surface area is 98.2 Å². The molecule has 0 bridgehead atoms. The molecule has 1 aromatic rings. The zero-order valence-electron chi connectivity index (χ0n) is 10.3. The molecule has 1 heterocycles. The van der Waals surface area contributed by atoms with E-state index in [0.29, 0.717) is 6.04 Å². The average Bonchev–Trinajstić information content (AvgIpc) is 2.34. The van der Waals surface area contributed by atoms with Gasteiger partial charge in [-0.25, -0.2) is 0 Å². The van der Waals surface area contributed by atoms with Crippen molar-refractivity contribution in [1.82, 2.24) is 10.3 Å². The minimum atomic E-state index is 0.467. The number of hydrogen-bond donors (Lipinski definition) is 1. The van der Waals surface area contributed by atoms with Crippen LogP contribution >= 0.6 is 0 Å². The second-order valence-corrected chi connectivity index (χ2v) is 3.96. The van der Waals surface area contributed by atoms with Gasteiger partial charge in [-0.05, 0) is 31.5 Å². The summed E-state index contributed by atoms with van der Waals surface area (Å²) in [5.74, 6) is 0. The van der Waals surface area contributed by atoms with Crippen molar-refractivity contribution < 1.29 is 4.74 Å². The van der Waals surface area contributed by atoms with Gasteiger partial charge in [-0.2, -0.15) is 0 Å². The second kappa shape index (κ2) is 8.25. The summed E-state index contributed by atoms with van der Waals surface area (Å²) in [7, 11) is 1.75. The van der Waals surface area contributed by atoms with Gasteiger partial charge in [-0.1, -0.05) is 13.0 Å². The summed E-state index contributed by atoms with van der Waals surface area (Å²) in [5, 5.41) is 3.53. The van der Waals surface area contributed by atoms with Crippen LogP contribution in [0, 0.1) is 0 Å². The highest BCUT2D eigenvalue weighted by molar-refractivity contribution is 5.05. The summed E-state index contributed by atoms with van der Waals surface area (Å²) in [5.41, 5.74) is 1.15. The lowest BCUT2D eigenvalue weighted by Crippen LogP contribution is -2.33. The second-order valence-electron chi connectivity index (χ2n) is 3.96. The molecule has 1 rings (SSSR count). The monoisotopic (exact) mass is 222 g/mol. The van der Waals surface area contributed by atoms with E-state index in [9.17, 15) is 0 Å². The first kappa shape index (κ1) is 13.1. The highest BCUT2D eigenvalue weighted by Crippen LogP contribution is 2.03. The Hall–Kier alpha value is -0.930. The minimum Gasteiger partial charge on any atom is -0.385 e. The van der Waals surface area contributed by atoms with Crippen LogP contribution in [0.1, 0.15) is 25.5 Å². The first-order chi connectivity index (χ1) is 7.86. The standard InChI is InChI=1S/C13H22N2O/c1-3-8-14-13(7-10-16-2)11-12-6-4-5-9-15-12/h4-6,9,13-14H,3,7-8,10-11H2,1-2H3. The van der Waals surface area contributed by atoms with Crippen molar-refractivity contribution in [2.24, 2.45) is 0 Å². The van der Waals surface area contributed by atoms with Gasteiger partial charge < -0.3 is 10.1 Å². The fraction of sp³-hybridized carbons (Fsp3) is 0.615. The van der Waals surface area contributed by atoms with Gasteiger partial charge in [-0.3, -0.25) is 4.98 Å². The third-order valence-electron chi connectivity index (χ3n) is 2.54. The Morgan fingerprint density at radius 1 is 1.44 bits per heavy atom. The molecule has 0 aromatic carbocycles. The van der Waals surface area contributed by atoms with Crippen molar-refractivity contribution in [1.29, 1.82) is 0 Å². The van der Waals surface area contributed by atoms with Gasteiger partial charge in [0, 0.05) is 38.1 Å². The first-order valence-corrected chi connectivity index (χ1v) is 5.99. The SMILES string of the molecule is CCCNC(CCOC)Cc1ccccn1. The van der Waals surface area contributed by atoms with Crippen molar-refractivity contribution in [3.8, 4) is 0 Å². The zero-order valence-corrected chi connectivity index (χ0v) is 10.3. The van der Waals surface area contributed by atoms with Crippen LogP contribution in [0.2, 0.25) is 0 Å². The van der Waals surface area contributed by atoms with E-state index in [2.05, 4.69) is 23.3 Å². The summed E-state index contributed by atoms with van der Waals surface area (Å²) in [6, 6.07) is 6.53. The molecular weight excluding hydrogens is 200 g/mol. The molecule has 1 atom stereocenters. The molecule has 3 nitrogen and oxygen atoms in total. The Bertz CT molecular complexity index is 256. The van der Waals surface area contributed by atoms with Crippen LogP contribution in [0.25, 0.3) is 0 Å². The van der Waals surface area contributed by atoms with Crippen LogP contribution in [0.4, 0.5) is 0 Å². The van der Waals surface area contributed by atoms with Crippen LogP contribution in [-0.2, 0) is 11.2 Å². The van der Waals surface area contributed by atoms with Crippen LogP contribution in [-0.4, -0.2) is 31.3 Å². The molecule has 1 unspecified atom stereocenters. The van der Waals surface area contributed by atoms with Gasteiger partial charge in [0.15, 0.2) is 0 Å². The van der Waals surface area contributed by atoms with Gasteiger partial charge in [-0.15, -0.1) is 0 Å². The van der Waals surface area contributed by atoms with Gasteiger partial charge >= 0.3 is 0 Å². The summed E-state index contributed by atoms with van der Waals surface area (Å²) < 4.78 is 5.13. The molecule has 0 saturated heterocycles. The molecule has 0 fully saturated rings. The maximum atomic E-state index is 5.13. The number of rotatable bonds is 8. The molecule has 90 valence electrons. The van der Waals surface area contributed by atoms with Gasteiger partial charge in [0.2, 0.25) is 0 Å². The van der Waals surface area contributed by atoms with Crippen LogP contribution in [0.15, 0.2) is 24.4 Å². The van der Waals surface area contributed by atoms with Gasteiger partial charge in [0.25, 0.3) is 0 Å². The van der Waals surface area contributed by atoms with E-state index in [1.165, 1.54) is 0 Å². The molecule has 0 saturated carbocycles. The topological polar surface area (TPSA) is 34.1 Å². The number of nitrogens with zero attached hydrogens (tertiary/aromatic N) is 1. The number of hydrogen-bond acceptors (Lipinski definition) is 3. The minimum absolute atomic E-state index is 0.467. The predicted octanol–water partition coefficient (Wildman–Crippen LogP) is 2.03. The highest BCUT2D eigenvalue weighted by Gasteiger charge is 2.08. The van der Waals surface area contributed by atoms with Gasteiger partial charge in [0.1, 0.15) is 0 Å². The largest absolute Gasteiger partial charge is 0.385 e. The van der Waals surface area contributed by atoms with E-state index in [0.717, 1.165) is 38.1 Å². The molecule has 1 N–H and O–H groups in total. The summed E-state index contributed by atoms with van der Waals surface area (Å²) >= 11 is 0. The molecule has 0 radical (unpaired) electrons. The van der Waals surface area contributed by atoms with Crippen molar-refractivity contribution in [3.05, 3.63) is 30.1 Å². The van der Waals surface area contributed by atoms with E-state index < -0.39 is 0 Å². The van der Waals surface area contributed by atoms with E-state index in [1.807, 2.05) is 18.3 Å². The third-order valence-corrected chi connectivity index (χ3v) is 2.54. The summed E-state index contributed by atoms with van der Waals surface area (Å²) in [6.07, 6.45) is 5.02. The van der Waals surface area contributed by atoms with E-state index in [1.54, 1.807) is 7.11 Å². The maximum Gasteiger partial charge on any atom is 0.0477 e. The Morgan fingerprint density at radius 2 is 2.31 bits per heavy atom. The summed E-state index contributed by atoms with van der Waals surface area (Å²) in [4.78, 5) is 4.35. The quantitative estimate of drug-likeness (QED) is 0.731. The number of methoxy groups -OCH3 is 1. The lowest BCUT2D eigenvalue weighted by Gasteiger charge is -2.17. The van der Waals surface area contributed by atoms with Crippen LogP contribution in [0.3, 0.4) is 0 Å². The number of aromatic nitrogens is 1. The lowest BCUT2D eigenvalue weighted by atomic mass is 10.1. The molecule has 0 aliphatic carbocycles. The van der Waals surface area contributed by atoms with E-state index in [4.69, 9.17) is 4.74 Å². The van der Waals surface area contributed by atoms with Crippen molar-refractivity contribution >= 4 is 0 Å². The average molecular weight is 222 g/mol. The van der Waals surface area contributed by atoms with E-state index in [-0.39, 0.29) is 0 Å². The first-order valence-electron chi connectivity index (χ1n) is 5.99. The molecule has 16 heavy (non-hydrogen) atoms. The molecule has 0 amide bonds. The number of ether oxygens (including phenoxy) is 1. The Kier molecular flexibility index (Phi) is 6.77. The molecule has 1 aromatic heterocycles. The molecule has 0 spiro atoms. The summed E-state index contributed by atoms with van der Waals surface area (Å²) in [6.45, 7) is 4.04. The van der Waals surface area contributed by atoms with Crippen LogP contribution < -0.4 is 5.32 Å². The normalized spacial score (nSPS) is 12.6.